The van der Waals surface area contributed by atoms with Crippen molar-refractivity contribution in [2.45, 2.75) is 19.1 Å². The number of carbonyl (C=O) groups excluding carboxylic acids is 2. The monoisotopic (exact) mass is 306 g/mol. The Hall–Kier alpha value is -2.25. The molecule has 22 heavy (non-hydrogen) atoms. The number of hydrazone groups is 1. The van der Waals surface area contributed by atoms with Crippen molar-refractivity contribution < 1.29 is 23.8 Å². The molecule has 0 saturated carbocycles. The second kappa shape index (κ2) is 7.15. The van der Waals surface area contributed by atoms with Crippen molar-refractivity contribution in [1.29, 1.82) is 0 Å². The predicted octanol–water partition coefficient (Wildman–Crippen LogP) is 1.08. The number of benzene rings is 1. The molecule has 7 heteroatoms. The van der Waals surface area contributed by atoms with Crippen LogP contribution in [0.3, 0.4) is 0 Å². The van der Waals surface area contributed by atoms with Crippen LogP contribution in [0.5, 0.6) is 0 Å². The van der Waals surface area contributed by atoms with E-state index in [0.717, 1.165) is 5.56 Å². The third kappa shape index (κ3) is 4.37. The molecule has 1 amide bonds. The molecule has 1 fully saturated rings. The molecule has 0 unspecified atom stereocenters. The molecule has 0 spiro atoms. The van der Waals surface area contributed by atoms with E-state index in [9.17, 15) is 9.59 Å². The number of esters is 1. The van der Waals surface area contributed by atoms with Crippen LogP contribution in [-0.4, -0.2) is 44.2 Å². The summed E-state index contributed by atoms with van der Waals surface area (Å²) in [5.41, 5.74) is 3.60. The van der Waals surface area contributed by atoms with E-state index < -0.39 is 11.8 Å². The first-order valence-corrected chi connectivity index (χ1v) is 6.81. The Kier molecular flexibility index (Phi) is 5.24. The first-order valence-electron chi connectivity index (χ1n) is 6.81. The zero-order chi connectivity index (χ0) is 16.0. The second-order valence-corrected chi connectivity index (χ2v) is 4.91. The highest BCUT2D eigenvalue weighted by molar-refractivity contribution is 5.90. The fraction of sp³-hybridized carbons (Fsp3) is 0.400. The van der Waals surface area contributed by atoms with Gasteiger partial charge in [0.2, 0.25) is 5.91 Å². The number of methoxy groups -OCH3 is 1. The molecule has 0 bridgehead atoms. The molecule has 1 aliphatic heterocycles. The van der Waals surface area contributed by atoms with Gasteiger partial charge in [-0.1, -0.05) is 12.1 Å². The van der Waals surface area contributed by atoms with Gasteiger partial charge in [-0.05, 0) is 24.6 Å². The molecule has 0 atom stereocenters. The third-order valence-corrected chi connectivity index (χ3v) is 3.11. The minimum absolute atomic E-state index is 0.0750. The summed E-state index contributed by atoms with van der Waals surface area (Å²) >= 11 is 0. The van der Waals surface area contributed by atoms with E-state index in [2.05, 4.69) is 15.3 Å². The Labute approximate surface area is 128 Å². The Balaban J connectivity index is 1.84. The lowest BCUT2D eigenvalue weighted by Crippen LogP contribution is -2.33. The van der Waals surface area contributed by atoms with Crippen molar-refractivity contribution in [3.63, 3.8) is 0 Å². The van der Waals surface area contributed by atoms with Gasteiger partial charge in [-0.15, -0.1) is 0 Å². The third-order valence-electron chi connectivity index (χ3n) is 3.11. The molecule has 1 saturated heterocycles. The first-order chi connectivity index (χ1) is 10.5. The summed E-state index contributed by atoms with van der Waals surface area (Å²) in [6.45, 7) is 2.69. The zero-order valence-corrected chi connectivity index (χ0v) is 12.5. The van der Waals surface area contributed by atoms with E-state index in [-0.39, 0.29) is 12.3 Å². The van der Waals surface area contributed by atoms with Crippen molar-refractivity contribution in [1.82, 2.24) is 5.43 Å². The van der Waals surface area contributed by atoms with Gasteiger partial charge in [-0.2, -0.15) is 5.10 Å². The molecule has 0 aromatic heterocycles. The maximum atomic E-state index is 11.7. The van der Waals surface area contributed by atoms with Crippen LogP contribution in [0.1, 0.15) is 29.3 Å². The number of carbonyl (C=O) groups is 2. The van der Waals surface area contributed by atoms with E-state index in [1.165, 1.54) is 13.3 Å². The summed E-state index contributed by atoms with van der Waals surface area (Å²) in [6.07, 6.45) is 1.56. The Morgan fingerprint density at radius 1 is 1.32 bits per heavy atom. The van der Waals surface area contributed by atoms with Gasteiger partial charge in [0.1, 0.15) is 0 Å². The molecule has 118 valence electrons. The summed E-state index contributed by atoms with van der Waals surface area (Å²) in [5, 5.41) is 3.86. The van der Waals surface area contributed by atoms with Gasteiger partial charge in [-0.25, -0.2) is 10.2 Å². The van der Waals surface area contributed by atoms with Gasteiger partial charge in [-0.3, -0.25) is 4.79 Å². The number of amides is 1. The van der Waals surface area contributed by atoms with E-state index >= 15 is 0 Å². The molecule has 1 aromatic carbocycles. The van der Waals surface area contributed by atoms with Crippen LogP contribution in [0, 0.1) is 0 Å². The largest absolute Gasteiger partial charge is 0.465 e. The standard InChI is InChI=1S/C15H18N2O5/c1-15(21-7-8-22-15)9-13(18)17-16-10-11-3-5-12(6-4-11)14(19)20-2/h3-6,10H,7-9H2,1-2H3,(H,17,18)/b16-10-. The van der Waals surface area contributed by atoms with Crippen LogP contribution >= 0.6 is 0 Å². The van der Waals surface area contributed by atoms with Gasteiger partial charge in [0.25, 0.3) is 0 Å². The average molecular weight is 306 g/mol. The zero-order valence-electron chi connectivity index (χ0n) is 12.5. The van der Waals surface area contributed by atoms with Crippen LogP contribution < -0.4 is 5.43 Å². The lowest BCUT2D eigenvalue weighted by molar-refractivity contribution is -0.159. The van der Waals surface area contributed by atoms with Crippen molar-refractivity contribution in [2.75, 3.05) is 20.3 Å². The molecule has 7 nitrogen and oxygen atoms in total. The van der Waals surface area contributed by atoms with E-state index in [1.807, 2.05) is 0 Å². The van der Waals surface area contributed by atoms with Crippen molar-refractivity contribution in [3.8, 4) is 0 Å². The fourth-order valence-corrected chi connectivity index (χ4v) is 1.99. The normalized spacial score (nSPS) is 16.6. The van der Waals surface area contributed by atoms with E-state index in [4.69, 9.17) is 9.47 Å². The molecule has 1 heterocycles. The summed E-state index contributed by atoms with van der Waals surface area (Å²) in [7, 11) is 1.32. The lowest BCUT2D eigenvalue weighted by atomic mass is 10.1. The molecule has 1 N–H and O–H groups in total. The number of hydrogen-bond donors (Lipinski definition) is 1. The topological polar surface area (TPSA) is 86.2 Å². The fourth-order valence-electron chi connectivity index (χ4n) is 1.99. The Morgan fingerprint density at radius 2 is 1.95 bits per heavy atom. The Bertz CT molecular complexity index is 562. The van der Waals surface area contributed by atoms with Gasteiger partial charge in [0, 0.05) is 0 Å². The SMILES string of the molecule is COC(=O)c1ccc(/C=N\NC(=O)CC2(C)OCCO2)cc1. The number of hydrogen-bond acceptors (Lipinski definition) is 6. The molecular formula is C15H18N2O5. The highest BCUT2D eigenvalue weighted by Crippen LogP contribution is 2.22. The number of ether oxygens (including phenoxy) is 3. The maximum Gasteiger partial charge on any atom is 0.337 e. The van der Waals surface area contributed by atoms with Crippen molar-refractivity contribution >= 4 is 18.1 Å². The smallest absolute Gasteiger partial charge is 0.337 e. The average Bonchev–Trinajstić information content (AvgIpc) is 2.93. The summed E-state index contributed by atoms with van der Waals surface area (Å²) < 4.78 is 15.3. The van der Waals surface area contributed by atoms with E-state index in [1.54, 1.807) is 31.2 Å². The molecular weight excluding hydrogens is 288 g/mol. The van der Waals surface area contributed by atoms with Gasteiger partial charge in [0.15, 0.2) is 5.79 Å². The lowest BCUT2D eigenvalue weighted by Gasteiger charge is -2.20. The quantitative estimate of drug-likeness (QED) is 0.500. The van der Waals surface area contributed by atoms with Crippen molar-refractivity contribution in [2.24, 2.45) is 5.10 Å². The minimum atomic E-state index is -0.873. The van der Waals surface area contributed by atoms with Crippen LogP contribution in [-0.2, 0) is 19.0 Å². The highest BCUT2D eigenvalue weighted by atomic mass is 16.7. The molecule has 2 rings (SSSR count). The predicted molar refractivity (Wildman–Crippen MR) is 78.4 cm³/mol. The van der Waals surface area contributed by atoms with Crippen LogP contribution in [0.15, 0.2) is 29.4 Å². The van der Waals surface area contributed by atoms with Crippen molar-refractivity contribution in [3.05, 3.63) is 35.4 Å². The number of nitrogens with zero attached hydrogens (tertiary/aromatic N) is 1. The second-order valence-electron chi connectivity index (χ2n) is 4.91. The Morgan fingerprint density at radius 3 is 2.55 bits per heavy atom. The number of rotatable bonds is 5. The maximum absolute atomic E-state index is 11.7. The summed E-state index contributed by atoms with van der Waals surface area (Å²) in [5.74, 6) is -1.57. The molecule has 0 radical (unpaired) electrons. The molecule has 1 aliphatic rings. The summed E-state index contributed by atoms with van der Waals surface area (Å²) in [4.78, 5) is 23.0. The van der Waals surface area contributed by atoms with Crippen LogP contribution in [0.4, 0.5) is 0 Å². The van der Waals surface area contributed by atoms with Crippen LogP contribution in [0.2, 0.25) is 0 Å². The summed E-state index contributed by atoms with van der Waals surface area (Å²) in [6, 6.07) is 6.64. The molecule has 0 aliphatic carbocycles. The van der Waals surface area contributed by atoms with Gasteiger partial charge in [0.05, 0.1) is 38.5 Å². The minimum Gasteiger partial charge on any atom is -0.465 e. The first kappa shape index (κ1) is 16.1. The van der Waals surface area contributed by atoms with Gasteiger partial charge >= 0.3 is 5.97 Å². The number of nitrogens with one attached hydrogen (secondary N) is 1. The highest BCUT2D eigenvalue weighted by Gasteiger charge is 2.33. The van der Waals surface area contributed by atoms with Gasteiger partial charge < -0.3 is 14.2 Å². The molecule has 1 aromatic rings. The van der Waals surface area contributed by atoms with Crippen LogP contribution in [0.25, 0.3) is 0 Å². The van der Waals surface area contributed by atoms with E-state index in [0.29, 0.717) is 18.8 Å².